The molecule has 0 saturated heterocycles. The number of hydrogen-bond donors (Lipinski definition) is 2. The zero-order valence-electron chi connectivity index (χ0n) is 11.0. The third kappa shape index (κ3) is 2.91. The van der Waals surface area contributed by atoms with Crippen molar-refractivity contribution in [2.24, 2.45) is 0 Å². The Morgan fingerprint density at radius 3 is 2.12 bits per heavy atom. The Morgan fingerprint density at radius 2 is 1.65 bits per heavy atom. The topological polar surface area (TPSA) is 72.2 Å². The highest BCUT2D eigenvalue weighted by atomic mass is 32.2. The molecule has 5 heteroatoms. The molecule has 0 heterocycles. The zero-order chi connectivity index (χ0) is 13.4. The maximum atomic E-state index is 12.0. The molecule has 0 spiro atoms. The predicted octanol–water partition coefficient (Wildman–Crippen LogP) is 2.43. The summed E-state index contributed by atoms with van der Waals surface area (Å²) in [7, 11) is -3.41. The lowest BCUT2D eigenvalue weighted by Gasteiger charge is -2.21. The van der Waals surface area contributed by atoms with Crippen LogP contribution >= 0.6 is 0 Å². The van der Waals surface area contributed by atoms with Gasteiger partial charge in [0.2, 0.25) is 10.0 Å². The van der Waals surface area contributed by atoms with Crippen molar-refractivity contribution in [2.75, 3.05) is 10.5 Å². The summed E-state index contributed by atoms with van der Waals surface area (Å²) in [6, 6.07) is 3.53. The fourth-order valence-electron chi connectivity index (χ4n) is 1.28. The Kier molecular flexibility index (Phi) is 3.43. The van der Waals surface area contributed by atoms with Crippen molar-refractivity contribution in [2.45, 2.75) is 39.4 Å². The van der Waals surface area contributed by atoms with Crippen LogP contribution in [0.25, 0.3) is 0 Å². The van der Waals surface area contributed by atoms with Crippen molar-refractivity contribution in [1.29, 1.82) is 0 Å². The molecule has 0 bridgehead atoms. The molecule has 1 aromatic rings. The first-order valence-corrected chi connectivity index (χ1v) is 6.92. The minimum Gasteiger partial charge on any atom is -0.398 e. The second-order valence-corrected chi connectivity index (χ2v) is 7.68. The normalized spacial score (nSPS) is 12.5. The third-order valence-corrected chi connectivity index (χ3v) is 4.76. The Bertz CT molecular complexity index is 528. The molecule has 0 aliphatic carbocycles. The highest BCUT2D eigenvalue weighted by molar-refractivity contribution is 7.94. The van der Waals surface area contributed by atoms with E-state index in [1.165, 1.54) is 0 Å². The monoisotopic (exact) mass is 256 g/mol. The Labute approximate surface area is 103 Å². The van der Waals surface area contributed by atoms with Crippen LogP contribution in [0, 0.1) is 13.8 Å². The molecule has 4 nitrogen and oxygen atoms in total. The maximum absolute atomic E-state index is 12.0. The van der Waals surface area contributed by atoms with Crippen molar-refractivity contribution < 1.29 is 8.42 Å². The van der Waals surface area contributed by atoms with Gasteiger partial charge in [-0.05, 0) is 51.8 Å². The first-order valence-electron chi connectivity index (χ1n) is 5.43. The number of benzene rings is 1. The van der Waals surface area contributed by atoms with Gasteiger partial charge in [-0.1, -0.05) is 6.07 Å². The van der Waals surface area contributed by atoms with E-state index in [9.17, 15) is 8.42 Å². The highest BCUT2D eigenvalue weighted by Crippen LogP contribution is 2.26. The molecule has 0 aliphatic rings. The average molecular weight is 256 g/mol. The summed E-state index contributed by atoms with van der Waals surface area (Å²) in [5.74, 6) is 0. The van der Waals surface area contributed by atoms with Crippen LogP contribution in [0.2, 0.25) is 0 Å². The van der Waals surface area contributed by atoms with E-state index < -0.39 is 14.8 Å². The summed E-state index contributed by atoms with van der Waals surface area (Å²) in [5, 5.41) is 0. The maximum Gasteiger partial charge on any atom is 0.237 e. The number of sulfonamides is 1. The molecule has 0 atom stereocenters. The predicted molar refractivity (Wildman–Crippen MR) is 72.6 cm³/mol. The van der Waals surface area contributed by atoms with Gasteiger partial charge in [-0.2, -0.15) is 0 Å². The van der Waals surface area contributed by atoms with E-state index in [1.54, 1.807) is 26.8 Å². The van der Waals surface area contributed by atoms with Gasteiger partial charge in [-0.3, -0.25) is 4.72 Å². The fourth-order valence-corrected chi connectivity index (χ4v) is 2.09. The number of nitrogen functional groups attached to an aromatic ring is 1. The lowest BCUT2D eigenvalue weighted by molar-refractivity contribution is 0.566. The molecule has 1 aromatic carbocycles. The van der Waals surface area contributed by atoms with Crippen molar-refractivity contribution in [3.8, 4) is 0 Å². The van der Waals surface area contributed by atoms with Gasteiger partial charge >= 0.3 is 0 Å². The van der Waals surface area contributed by atoms with E-state index in [2.05, 4.69) is 4.72 Å². The molecular formula is C12H20N2O2S. The van der Waals surface area contributed by atoms with Crippen LogP contribution < -0.4 is 10.5 Å². The SMILES string of the molecule is Cc1cc(C)c(NS(=O)(=O)C(C)(C)C)cc1N. The van der Waals surface area contributed by atoms with Crippen LogP contribution in [0.15, 0.2) is 12.1 Å². The number of anilines is 2. The molecule has 0 aliphatic heterocycles. The van der Waals surface area contributed by atoms with Crippen molar-refractivity contribution in [3.63, 3.8) is 0 Å². The zero-order valence-corrected chi connectivity index (χ0v) is 11.8. The van der Waals surface area contributed by atoms with Crippen LogP contribution in [-0.4, -0.2) is 13.2 Å². The highest BCUT2D eigenvalue weighted by Gasteiger charge is 2.29. The van der Waals surface area contributed by atoms with E-state index >= 15 is 0 Å². The summed E-state index contributed by atoms with van der Waals surface area (Å²) in [4.78, 5) is 0. The second-order valence-electron chi connectivity index (χ2n) is 5.24. The molecule has 0 amide bonds. The quantitative estimate of drug-likeness (QED) is 0.798. The lowest BCUT2D eigenvalue weighted by Crippen LogP contribution is -2.33. The smallest absolute Gasteiger partial charge is 0.237 e. The van der Waals surface area contributed by atoms with E-state index in [4.69, 9.17) is 5.73 Å². The van der Waals surface area contributed by atoms with Gasteiger partial charge in [0.05, 0.1) is 10.4 Å². The molecule has 0 radical (unpaired) electrons. The average Bonchev–Trinajstić information content (AvgIpc) is 2.12. The Balaban J connectivity index is 3.18. The second kappa shape index (κ2) is 4.22. The van der Waals surface area contributed by atoms with Gasteiger partial charge < -0.3 is 5.73 Å². The molecular weight excluding hydrogens is 236 g/mol. The van der Waals surface area contributed by atoms with Crippen LogP contribution in [0.1, 0.15) is 31.9 Å². The van der Waals surface area contributed by atoms with Crippen LogP contribution in [0.4, 0.5) is 11.4 Å². The lowest BCUT2D eigenvalue weighted by atomic mass is 10.1. The number of rotatable bonds is 2. The summed E-state index contributed by atoms with van der Waals surface area (Å²) < 4.78 is 25.8. The molecule has 0 saturated carbocycles. The van der Waals surface area contributed by atoms with Gasteiger partial charge in [-0.25, -0.2) is 8.42 Å². The van der Waals surface area contributed by atoms with E-state index in [0.29, 0.717) is 11.4 Å². The molecule has 1 rings (SSSR count). The van der Waals surface area contributed by atoms with Crippen molar-refractivity contribution in [3.05, 3.63) is 23.3 Å². The summed E-state index contributed by atoms with van der Waals surface area (Å²) >= 11 is 0. The number of aryl methyl sites for hydroxylation is 2. The van der Waals surface area contributed by atoms with E-state index in [1.807, 2.05) is 19.9 Å². The standard InChI is InChI=1S/C12H20N2O2S/c1-8-6-9(2)11(7-10(8)13)14-17(15,16)12(3,4)5/h6-7,14H,13H2,1-5H3. The first-order chi connectivity index (χ1) is 7.54. The number of hydrogen-bond acceptors (Lipinski definition) is 3. The van der Waals surface area contributed by atoms with E-state index in [0.717, 1.165) is 11.1 Å². The van der Waals surface area contributed by atoms with Crippen LogP contribution in [0.3, 0.4) is 0 Å². The third-order valence-electron chi connectivity index (χ3n) is 2.66. The van der Waals surface area contributed by atoms with Crippen LogP contribution in [0.5, 0.6) is 0 Å². The summed E-state index contributed by atoms with van der Waals surface area (Å²) in [6.45, 7) is 8.71. The molecule has 3 N–H and O–H groups in total. The van der Waals surface area contributed by atoms with Crippen LogP contribution in [-0.2, 0) is 10.0 Å². The first kappa shape index (κ1) is 13.8. The molecule has 96 valence electrons. The molecule has 0 aromatic heterocycles. The van der Waals surface area contributed by atoms with Crippen molar-refractivity contribution in [1.82, 2.24) is 0 Å². The molecule has 0 fully saturated rings. The fraction of sp³-hybridized carbons (Fsp3) is 0.500. The molecule has 0 unspecified atom stereocenters. The van der Waals surface area contributed by atoms with Gasteiger partial charge in [0.1, 0.15) is 0 Å². The summed E-state index contributed by atoms with van der Waals surface area (Å²) in [5.41, 5.74) is 8.72. The van der Waals surface area contributed by atoms with Crippen molar-refractivity contribution >= 4 is 21.4 Å². The minimum absolute atomic E-state index is 0.544. The summed E-state index contributed by atoms with van der Waals surface area (Å²) in [6.07, 6.45) is 0. The number of nitrogens with one attached hydrogen (secondary N) is 1. The Morgan fingerprint density at radius 1 is 1.12 bits per heavy atom. The van der Waals surface area contributed by atoms with E-state index in [-0.39, 0.29) is 0 Å². The van der Waals surface area contributed by atoms with Gasteiger partial charge in [-0.15, -0.1) is 0 Å². The Hall–Kier alpha value is -1.23. The number of nitrogens with two attached hydrogens (primary N) is 1. The minimum atomic E-state index is -3.41. The largest absolute Gasteiger partial charge is 0.398 e. The van der Waals surface area contributed by atoms with Gasteiger partial charge in [0, 0.05) is 5.69 Å². The van der Waals surface area contributed by atoms with Gasteiger partial charge in [0.25, 0.3) is 0 Å². The van der Waals surface area contributed by atoms with Gasteiger partial charge in [0.15, 0.2) is 0 Å². The molecule has 17 heavy (non-hydrogen) atoms.